The molecule has 0 amide bonds. The van der Waals surface area contributed by atoms with Crippen molar-refractivity contribution in [2.24, 2.45) is 0 Å². The smallest absolute Gasteiger partial charge is 0.338 e. The fraction of sp³-hybridized carbons (Fsp3) is 0.526. The highest BCUT2D eigenvalue weighted by Crippen LogP contribution is 2.60. The van der Waals surface area contributed by atoms with Crippen molar-refractivity contribution in [1.29, 1.82) is 0 Å². The number of rotatable bonds is 0. The zero-order chi connectivity index (χ0) is 16.3. The molecule has 4 heterocycles. The Labute approximate surface area is 151 Å². The maximum Gasteiger partial charge on any atom is 0.338 e. The molecule has 1 saturated heterocycles. The van der Waals surface area contributed by atoms with E-state index in [0.29, 0.717) is 6.04 Å². The molecule has 0 saturated carbocycles. The standard InChI is InChI=1S/C19H21NO2S2/c1-12-17-16(18(21)22-12)19(23-9-4-10-24-19)11-15-14-6-3-2-5-13(14)7-8-20(15)17/h2-3,5-6,12,15H,4,7-11H2,1H3. The molecule has 0 aliphatic carbocycles. The van der Waals surface area contributed by atoms with Crippen LogP contribution in [0, 0.1) is 0 Å². The monoisotopic (exact) mass is 359 g/mol. The van der Waals surface area contributed by atoms with Crippen LogP contribution in [-0.2, 0) is 16.0 Å². The molecule has 24 heavy (non-hydrogen) atoms. The number of hydrogen-bond donors (Lipinski definition) is 0. The van der Waals surface area contributed by atoms with Gasteiger partial charge in [0, 0.05) is 13.0 Å². The van der Waals surface area contributed by atoms with Gasteiger partial charge in [0.2, 0.25) is 0 Å². The molecule has 0 bridgehead atoms. The van der Waals surface area contributed by atoms with E-state index < -0.39 is 0 Å². The molecule has 5 rings (SSSR count). The van der Waals surface area contributed by atoms with Gasteiger partial charge in [0.25, 0.3) is 0 Å². The van der Waals surface area contributed by atoms with Crippen molar-refractivity contribution >= 4 is 29.5 Å². The number of carbonyl (C=O) groups excluding carboxylic acids is 1. The summed E-state index contributed by atoms with van der Waals surface area (Å²) < 4.78 is 5.58. The van der Waals surface area contributed by atoms with Crippen LogP contribution in [0.3, 0.4) is 0 Å². The zero-order valence-corrected chi connectivity index (χ0v) is 15.4. The average Bonchev–Trinajstić information content (AvgIpc) is 2.91. The highest BCUT2D eigenvalue weighted by atomic mass is 32.2. The van der Waals surface area contributed by atoms with Crippen LogP contribution in [-0.4, -0.2) is 39.1 Å². The highest BCUT2D eigenvalue weighted by molar-refractivity contribution is 8.19. The zero-order valence-electron chi connectivity index (χ0n) is 13.8. The minimum Gasteiger partial charge on any atom is -0.453 e. The molecule has 3 nitrogen and oxygen atoms in total. The van der Waals surface area contributed by atoms with E-state index >= 15 is 0 Å². The number of hydrogen-bond acceptors (Lipinski definition) is 5. The Morgan fingerprint density at radius 1 is 1.25 bits per heavy atom. The molecule has 0 N–H and O–H groups in total. The van der Waals surface area contributed by atoms with E-state index in [1.54, 1.807) is 0 Å². The van der Waals surface area contributed by atoms with Crippen LogP contribution in [0.2, 0.25) is 0 Å². The first-order valence-corrected chi connectivity index (χ1v) is 10.7. The summed E-state index contributed by atoms with van der Waals surface area (Å²) in [6, 6.07) is 9.23. The first-order chi connectivity index (χ1) is 11.7. The Morgan fingerprint density at radius 3 is 2.88 bits per heavy atom. The summed E-state index contributed by atoms with van der Waals surface area (Å²) in [5.41, 5.74) is 5.07. The second kappa shape index (κ2) is 5.46. The largest absolute Gasteiger partial charge is 0.453 e. The minimum atomic E-state index is -0.111. The Morgan fingerprint density at radius 2 is 2.04 bits per heavy atom. The Balaban J connectivity index is 1.68. The molecule has 2 atom stereocenters. The third kappa shape index (κ3) is 2.03. The van der Waals surface area contributed by atoms with Gasteiger partial charge < -0.3 is 9.64 Å². The van der Waals surface area contributed by atoms with Crippen LogP contribution in [0.5, 0.6) is 0 Å². The maximum absolute atomic E-state index is 12.7. The topological polar surface area (TPSA) is 29.5 Å². The van der Waals surface area contributed by atoms with E-state index in [-0.39, 0.29) is 16.2 Å². The molecule has 5 heteroatoms. The van der Waals surface area contributed by atoms with Crippen molar-refractivity contribution in [2.45, 2.75) is 42.4 Å². The van der Waals surface area contributed by atoms with Gasteiger partial charge in [0.15, 0.2) is 0 Å². The lowest BCUT2D eigenvalue weighted by molar-refractivity contribution is -0.139. The first-order valence-electron chi connectivity index (χ1n) is 8.77. The van der Waals surface area contributed by atoms with Crippen molar-refractivity contribution < 1.29 is 9.53 Å². The number of ether oxygens (including phenoxy) is 1. The van der Waals surface area contributed by atoms with Crippen LogP contribution in [0.15, 0.2) is 35.5 Å². The normalized spacial score (nSPS) is 30.7. The summed E-state index contributed by atoms with van der Waals surface area (Å²) in [5.74, 6) is 2.20. The molecule has 1 fully saturated rings. The predicted octanol–water partition coefficient (Wildman–Crippen LogP) is 3.76. The van der Waals surface area contributed by atoms with Crippen LogP contribution in [0.25, 0.3) is 0 Å². The SMILES string of the molecule is CC1OC(=O)C2=C1N1CCc3ccccc3C1CC21SCCCS1. The summed E-state index contributed by atoms with van der Waals surface area (Å²) in [5, 5.41) is 0. The van der Waals surface area contributed by atoms with Crippen molar-refractivity contribution in [2.75, 3.05) is 18.1 Å². The summed E-state index contributed by atoms with van der Waals surface area (Å²) in [4.78, 5) is 15.2. The van der Waals surface area contributed by atoms with E-state index in [4.69, 9.17) is 4.74 Å². The summed E-state index contributed by atoms with van der Waals surface area (Å²) >= 11 is 3.95. The number of benzene rings is 1. The predicted molar refractivity (Wildman–Crippen MR) is 99.1 cm³/mol. The molecule has 1 aromatic rings. The summed E-state index contributed by atoms with van der Waals surface area (Å²) in [7, 11) is 0. The molecule has 126 valence electrons. The van der Waals surface area contributed by atoms with Crippen molar-refractivity contribution in [3.8, 4) is 0 Å². The minimum absolute atomic E-state index is 0.0725. The Bertz CT molecular complexity index is 739. The molecule has 0 aromatic heterocycles. The third-order valence-corrected chi connectivity index (χ3v) is 9.02. The second-order valence-corrected chi connectivity index (χ2v) is 10.0. The number of carbonyl (C=O) groups is 1. The molecule has 0 radical (unpaired) electrons. The molecular weight excluding hydrogens is 338 g/mol. The van der Waals surface area contributed by atoms with Crippen LogP contribution >= 0.6 is 23.5 Å². The van der Waals surface area contributed by atoms with Gasteiger partial charge in [-0.25, -0.2) is 4.79 Å². The van der Waals surface area contributed by atoms with E-state index in [1.807, 2.05) is 30.4 Å². The summed E-state index contributed by atoms with van der Waals surface area (Å²) in [6.07, 6.45) is 3.19. The van der Waals surface area contributed by atoms with Gasteiger partial charge in [0.05, 0.1) is 21.4 Å². The first kappa shape index (κ1) is 15.2. The molecular formula is C19H21NO2S2. The van der Waals surface area contributed by atoms with E-state index in [0.717, 1.165) is 36.5 Å². The fourth-order valence-corrected chi connectivity index (χ4v) is 8.13. The van der Waals surface area contributed by atoms with Crippen molar-refractivity contribution in [1.82, 2.24) is 4.90 Å². The van der Waals surface area contributed by atoms with Crippen molar-refractivity contribution in [3.05, 3.63) is 46.7 Å². The number of esters is 1. The highest BCUT2D eigenvalue weighted by Gasteiger charge is 2.55. The van der Waals surface area contributed by atoms with Gasteiger partial charge in [-0.05, 0) is 42.4 Å². The van der Waals surface area contributed by atoms with Crippen LogP contribution in [0.4, 0.5) is 0 Å². The fourth-order valence-electron chi connectivity index (χ4n) is 4.66. The quantitative estimate of drug-likeness (QED) is 0.658. The van der Waals surface area contributed by atoms with E-state index in [1.165, 1.54) is 23.2 Å². The van der Waals surface area contributed by atoms with Crippen LogP contribution < -0.4 is 0 Å². The number of thioether (sulfide) groups is 2. The lowest BCUT2D eigenvalue weighted by atomic mass is 9.84. The number of fused-ring (bicyclic) bond motifs is 5. The lowest BCUT2D eigenvalue weighted by Gasteiger charge is -2.50. The molecule has 4 aliphatic heterocycles. The van der Waals surface area contributed by atoms with Crippen molar-refractivity contribution in [3.63, 3.8) is 0 Å². The van der Waals surface area contributed by atoms with Gasteiger partial charge >= 0.3 is 5.97 Å². The Kier molecular flexibility index (Phi) is 3.46. The maximum atomic E-state index is 12.7. The van der Waals surface area contributed by atoms with Crippen LogP contribution in [0.1, 0.15) is 36.9 Å². The van der Waals surface area contributed by atoms with Gasteiger partial charge in [-0.15, -0.1) is 23.5 Å². The molecule has 1 spiro atoms. The van der Waals surface area contributed by atoms with Gasteiger partial charge in [-0.3, -0.25) is 0 Å². The molecule has 2 unspecified atom stereocenters. The average molecular weight is 360 g/mol. The van der Waals surface area contributed by atoms with E-state index in [9.17, 15) is 4.79 Å². The van der Waals surface area contributed by atoms with Gasteiger partial charge in [0.1, 0.15) is 6.10 Å². The van der Waals surface area contributed by atoms with Gasteiger partial charge in [-0.1, -0.05) is 24.3 Å². The third-order valence-electron chi connectivity index (χ3n) is 5.65. The number of cyclic esters (lactones) is 1. The molecule has 4 aliphatic rings. The Hall–Kier alpha value is -1.07. The van der Waals surface area contributed by atoms with Gasteiger partial charge in [-0.2, -0.15) is 0 Å². The molecule has 1 aromatic carbocycles. The number of nitrogens with zero attached hydrogens (tertiary/aromatic N) is 1. The van der Waals surface area contributed by atoms with E-state index in [2.05, 4.69) is 29.2 Å². The summed E-state index contributed by atoms with van der Waals surface area (Å²) in [6.45, 7) is 3.03. The lowest BCUT2D eigenvalue weighted by Crippen LogP contribution is -2.47. The second-order valence-electron chi connectivity index (χ2n) is 6.97.